The first-order valence-electron chi connectivity index (χ1n) is 9.48. The molecule has 2 N–H and O–H groups in total. The van der Waals surface area contributed by atoms with Gasteiger partial charge in [-0.25, -0.2) is 4.98 Å². The number of aliphatic imine (C=N–C) groups is 1. The summed E-state index contributed by atoms with van der Waals surface area (Å²) in [5.41, 5.74) is 0. The van der Waals surface area contributed by atoms with Crippen LogP contribution < -0.4 is 10.6 Å². The van der Waals surface area contributed by atoms with E-state index in [-0.39, 0.29) is 24.0 Å². The van der Waals surface area contributed by atoms with Gasteiger partial charge in [-0.2, -0.15) is 0 Å². The van der Waals surface area contributed by atoms with Gasteiger partial charge in [0, 0.05) is 38.6 Å². The molecule has 0 atom stereocenters. The van der Waals surface area contributed by atoms with Crippen LogP contribution in [-0.2, 0) is 6.54 Å². The first kappa shape index (κ1) is 22.2. The number of halogens is 1. The summed E-state index contributed by atoms with van der Waals surface area (Å²) in [5, 5.41) is 6.78. The Morgan fingerprint density at radius 1 is 1.20 bits per heavy atom. The zero-order valence-electron chi connectivity index (χ0n) is 15.8. The summed E-state index contributed by atoms with van der Waals surface area (Å²) in [4.78, 5) is 11.3. The number of hydrogen-bond donors (Lipinski definition) is 2. The highest BCUT2D eigenvalue weighted by molar-refractivity contribution is 14.0. The molecule has 0 saturated carbocycles. The van der Waals surface area contributed by atoms with Gasteiger partial charge in [-0.3, -0.25) is 4.99 Å². The summed E-state index contributed by atoms with van der Waals surface area (Å²) < 4.78 is 2.09. The van der Waals surface area contributed by atoms with Gasteiger partial charge in [0.15, 0.2) is 5.96 Å². The molecule has 2 heterocycles. The van der Waals surface area contributed by atoms with Crippen LogP contribution in [0.4, 0.5) is 0 Å². The van der Waals surface area contributed by atoms with Crippen LogP contribution in [0.5, 0.6) is 0 Å². The van der Waals surface area contributed by atoms with Gasteiger partial charge in [-0.1, -0.05) is 6.92 Å². The Labute approximate surface area is 169 Å². The number of imidazole rings is 1. The van der Waals surface area contributed by atoms with Crippen molar-refractivity contribution >= 4 is 29.9 Å². The van der Waals surface area contributed by atoms with Crippen LogP contribution in [0.2, 0.25) is 0 Å². The van der Waals surface area contributed by atoms with Crippen LogP contribution in [0, 0.1) is 5.92 Å². The second kappa shape index (κ2) is 13.4. The summed E-state index contributed by atoms with van der Waals surface area (Å²) in [7, 11) is 0. The van der Waals surface area contributed by atoms with Gasteiger partial charge in [0.2, 0.25) is 0 Å². The van der Waals surface area contributed by atoms with E-state index in [9.17, 15) is 0 Å². The first-order valence-corrected chi connectivity index (χ1v) is 9.48. The van der Waals surface area contributed by atoms with E-state index in [2.05, 4.69) is 43.9 Å². The van der Waals surface area contributed by atoms with Crippen LogP contribution in [0.25, 0.3) is 0 Å². The Hall–Kier alpha value is -0.830. The molecule has 1 aromatic heterocycles. The van der Waals surface area contributed by atoms with Crippen LogP contribution in [0.15, 0.2) is 23.7 Å². The molecule has 2 rings (SSSR count). The maximum atomic E-state index is 4.65. The third-order valence-electron chi connectivity index (χ3n) is 4.57. The first-order chi connectivity index (χ1) is 11.8. The smallest absolute Gasteiger partial charge is 0.191 e. The fourth-order valence-corrected chi connectivity index (χ4v) is 3.00. The average Bonchev–Trinajstić information content (AvgIpc) is 3.10. The number of rotatable bonds is 9. The number of aromatic nitrogens is 2. The van der Waals surface area contributed by atoms with E-state index in [1.54, 1.807) is 0 Å². The van der Waals surface area contributed by atoms with Crippen molar-refractivity contribution in [2.45, 2.75) is 46.1 Å². The lowest BCUT2D eigenvalue weighted by molar-refractivity contribution is 0.191. The molecule has 0 amide bonds. The quantitative estimate of drug-likeness (QED) is 0.256. The Morgan fingerprint density at radius 2 is 2.00 bits per heavy atom. The molecule has 1 fully saturated rings. The SMILES string of the molecule is CCNC(=NCCCn1ccnc1)NCCCN1CCC(C)CC1.I. The highest BCUT2D eigenvalue weighted by Crippen LogP contribution is 2.15. The van der Waals surface area contributed by atoms with Gasteiger partial charge in [0.05, 0.1) is 6.33 Å². The van der Waals surface area contributed by atoms with E-state index < -0.39 is 0 Å². The Kier molecular flexibility index (Phi) is 11.9. The average molecular weight is 462 g/mol. The molecular weight excluding hydrogens is 427 g/mol. The minimum absolute atomic E-state index is 0. The van der Waals surface area contributed by atoms with Crippen molar-refractivity contribution in [1.82, 2.24) is 25.1 Å². The van der Waals surface area contributed by atoms with Gasteiger partial charge < -0.3 is 20.1 Å². The molecule has 6 nitrogen and oxygen atoms in total. The summed E-state index contributed by atoms with van der Waals surface area (Å²) >= 11 is 0. The summed E-state index contributed by atoms with van der Waals surface area (Å²) in [6.07, 6.45) is 10.6. The number of nitrogens with zero attached hydrogens (tertiary/aromatic N) is 4. The van der Waals surface area contributed by atoms with Crippen LogP contribution in [0.1, 0.15) is 39.5 Å². The lowest BCUT2D eigenvalue weighted by atomic mass is 9.99. The largest absolute Gasteiger partial charge is 0.357 e. The van der Waals surface area contributed by atoms with Gasteiger partial charge in [-0.15, -0.1) is 24.0 Å². The lowest BCUT2D eigenvalue weighted by Crippen LogP contribution is -2.39. The van der Waals surface area contributed by atoms with Crippen molar-refractivity contribution in [2.75, 3.05) is 39.3 Å². The monoisotopic (exact) mass is 462 g/mol. The number of piperidine rings is 1. The second-order valence-corrected chi connectivity index (χ2v) is 6.72. The zero-order chi connectivity index (χ0) is 17.0. The van der Waals surface area contributed by atoms with Gasteiger partial charge in [0.25, 0.3) is 0 Å². The minimum atomic E-state index is 0. The molecule has 1 saturated heterocycles. The fourth-order valence-electron chi connectivity index (χ4n) is 3.00. The van der Waals surface area contributed by atoms with Gasteiger partial charge in [-0.05, 0) is 58.2 Å². The maximum absolute atomic E-state index is 4.65. The van der Waals surface area contributed by atoms with Crippen molar-refractivity contribution in [1.29, 1.82) is 0 Å². The van der Waals surface area contributed by atoms with E-state index in [4.69, 9.17) is 0 Å². The van der Waals surface area contributed by atoms with Gasteiger partial charge in [0.1, 0.15) is 0 Å². The van der Waals surface area contributed by atoms with Gasteiger partial charge >= 0.3 is 0 Å². The molecule has 144 valence electrons. The maximum Gasteiger partial charge on any atom is 0.191 e. The number of likely N-dealkylation sites (tertiary alicyclic amines) is 1. The number of hydrogen-bond acceptors (Lipinski definition) is 3. The van der Waals surface area contributed by atoms with E-state index in [0.717, 1.165) is 44.5 Å². The van der Waals surface area contributed by atoms with E-state index >= 15 is 0 Å². The van der Waals surface area contributed by atoms with Crippen molar-refractivity contribution in [2.24, 2.45) is 10.9 Å². The van der Waals surface area contributed by atoms with E-state index in [1.165, 1.54) is 38.9 Å². The Balaban J connectivity index is 0.00000312. The number of nitrogens with one attached hydrogen (secondary N) is 2. The lowest BCUT2D eigenvalue weighted by Gasteiger charge is -2.30. The molecule has 25 heavy (non-hydrogen) atoms. The highest BCUT2D eigenvalue weighted by Gasteiger charge is 2.14. The van der Waals surface area contributed by atoms with Crippen LogP contribution >= 0.6 is 24.0 Å². The van der Waals surface area contributed by atoms with Crippen molar-refractivity contribution in [3.8, 4) is 0 Å². The predicted molar refractivity (Wildman–Crippen MR) is 116 cm³/mol. The molecule has 0 unspecified atom stereocenters. The third-order valence-corrected chi connectivity index (χ3v) is 4.57. The topological polar surface area (TPSA) is 57.5 Å². The predicted octanol–water partition coefficient (Wildman–Crippen LogP) is 2.57. The van der Waals surface area contributed by atoms with Crippen molar-refractivity contribution < 1.29 is 0 Å². The second-order valence-electron chi connectivity index (χ2n) is 6.72. The molecule has 0 aromatic carbocycles. The molecule has 0 spiro atoms. The molecule has 7 heteroatoms. The standard InChI is InChI=1S/C18H34N6.HI/c1-3-20-18(22-9-5-12-24-15-10-19-16-24)21-8-4-11-23-13-6-17(2)7-14-23;/h10,15-17H,3-9,11-14H2,1-2H3,(H2,20,21,22);1H. The molecular formula is C18H35IN6. The summed E-state index contributed by atoms with van der Waals surface area (Å²) in [5.74, 6) is 1.85. The van der Waals surface area contributed by atoms with E-state index in [1.807, 2.05) is 18.7 Å². The molecule has 1 aliphatic rings. The zero-order valence-corrected chi connectivity index (χ0v) is 18.1. The molecule has 0 bridgehead atoms. The summed E-state index contributed by atoms with van der Waals surface area (Å²) in [6.45, 7) is 11.9. The Morgan fingerprint density at radius 3 is 2.68 bits per heavy atom. The Bertz CT molecular complexity index is 454. The number of aryl methyl sites for hydroxylation is 1. The van der Waals surface area contributed by atoms with E-state index in [0.29, 0.717) is 0 Å². The van der Waals surface area contributed by atoms with Crippen LogP contribution in [-0.4, -0.2) is 59.7 Å². The molecule has 0 aliphatic carbocycles. The third kappa shape index (κ3) is 9.44. The van der Waals surface area contributed by atoms with Crippen LogP contribution in [0.3, 0.4) is 0 Å². The normalized spacial score (nSPS) is 16.5. The van der Waals surface area contributed by atoms with Crippen molar-refractivity contribution in [3.05, 3.63) is 18.7 Å². The number of guanidine groups is 1. The summed E-state index contributed by atoms with van der Waals surface area (Å²) in [6, 6.07) is 0. The minimum Gasteiger partial charge on any atom is -0.357 e. The molecule has 1 aliphatic heterocycles. The highest BCUT2D eigenvalue weighted by atomic mass is 127. The van der Waals surface area contributed by atoms with Crippen molar-refractivity contribution in [3.63, 3.8) is 0 Å². The fraction of sp³-hybridized carbons (Fsp3) is 0.778. The molecule has 0 radical (unpaired) electrons. The molecule has 1 aromatic rings.